The summed E-state index contributed by atoms with van der Waals surface area (Å²) in [4.78, 5) is 11.8. The van der Waals surface area contributed by atoms with Crippen molar-refractivity contribution >= 4 is 5.78 Å². The minimum Gasteiger partial charge on any atom is -0.311 e. The van der Waals surface area contributed by atoms with E-state index in [1.54, 1.807) is 26.0 Å². The molecule has 0 aliphatic carbocycles. The number of alkyl halides is 3. The Morgan fingerprint density at radius 3 is 2.18 bits per heavy atom. The summed E-state index contributed by atoms with van der Waals surface area (Å²) < 4.78 is 37.9. The van der Waals surface area contributed by atoms with E-state index in [0.29, 0.717) is 12.5 Å². The van der Waals surface area contributed by atoms with Crippen molar-refractivity contribution in [2.45, 2.75) is 32.5 Å². The van der Waals surface area contributed by atoms with Crippen LogP contribution in [0.15, 0.2) is 18.2 Å². The molecule has 5 heteroatoms. The maximum atomic E-state index is 12.6. The van der Waals surface area contributed by atoms with Crippen molar-refractivity contribution < 1.29 is 18.0 Å². The van der Waals surface area contributed by atoms with Crippen LogP contribution in [-0.2, 0) is 0 Å². The molecule has 1 atom stereocenters. The zero-order chi connectivity index (χ0) is 13.4. The van der Waals surface area contributed by atoms with Crippen LogP contribution in [-0.4, -0.2) is 17.5 Å². The smallest absolute Gasteiger partial charge is 0.311 e. The molecule has 0 aliphatic rings. The Kier molecular flexibility index (Phi) is 3.34. The Balaban J connectivity index is 3.22. The first-order valence-corrected chi connectivity index (χ1v) is 5.05. The van der Waals surface area contributed by atoms with Crippen molar-refractivity contribution in [2.24, 2.45) is 5.73 Å². The first-order valence-electron chi connectivity index (χ1n) is 5.05. The SMILES string of the molecule is Cc1ccc(C(=O)C(C)(N)C(F)(F)F)c(C)c1. The molecule has 2 nitrogen and oxygen atoms in total. The van der Waals surface area contributed by atoms with E-state index in [0.717, 1.165) is 5.56 Å². The predicted octanol–water partition coefficient (Wildman–Crippen LogP) is 2.77. The Bertz CT molecular complexity index is 450. The summed E-state index contributed by atoms with van der Waals surface area (Å²) in [5.41, 5.74) is 3.64. The van der Waals surface area contributed by atoms with Crippen molar-refractivity contribution in [3.63, 3.8) is 0 Å². The second-order valence-corrected chi connectivity index (χ2v) is 4.35. The number of benzene rings is 1. The molecule has 0 heterocycles. The molecule has 94 valence electrons. The number of rotatable bonds is 2. The van der Waals surface area contributed by atoms with Crippen LogP contribution in [0, 0.1) is 13.8 Å². The zero-order valence-corrected chi connectivity index (χ0v) is 9.85. The molecule has 1 unspecified atom stereocenters. The minimum absolute atomic E-state index is 0.0120. The average Bonchev–Trinajstić information content (AvgIpc) is 2.14. The zero-order valence-electron chi connectivity index (χ0n) is 9.85. The summed E-state index contributed by atoms with van der Waals surface area (Å²) in [6.45, 7) is 4.08. The molecule has 0 saturated carbocycles. The molecule has 0 spiro atoms. The van der Waals surface area contributed by atoms with Gasteiger partial charge in [0.15, 0.2) is 11.3 Å². The molecule has 0 aromatic heterocycles. The molecule has 0 bridgehead atoms. The van der Waals surface area contributed by atoms with Crippen molar-refractivity contribution in [1.82, 2.24) is 0 Å². The highest BCUT2D eigenvalue weighted by Gasteiger charge is 2.54. The lowest BCUT2D eigenvalue weighted by Crippen LogP contribution is -2.57. The van der Waals surface area contributed by atoms with Crippen molar-refractivity contribution in [3.05, 3.63) is 34.9 Å². The van der Waals surface area contributed by atoms with Gasteiger partial charge in [-0.05, 0) is 26.3 Å². The maximum Gasteiger partial charge on any atom is 0.413 e. The van der Waals surface area contributed by atoms with Gasteiger partial charge in [0.1, 0.15) is 0 Å². The summed E-state index contributed by atoms with van der Waals surface area (Å²) in [7, 11) is 0. The predicted molar refractivity (Wildman–Crippen MR) is 58.9 cm³/mol. The second kappa shape index (κ2) is 4.14. The Morgan fingerprint density at radius 2 is 1.76 bits per heavy atom. The summed E-state index contributed by atoms with van der Waals surface area (Å²) in [6, 6.07) is 4.62. The van der Waals surface area contributed by atoms with E-state index in [4.69, 9.17) is 5.73 Å². The van der Waals surface area contributed by atoms with Gasteiger partial charge in [0.05, 0.1) is 0 Å². The number of ketones is 1. The van der Waals surface area contributed by atoms with E-state index in [-0.39, 0.29) is 5.56 Å². The number of hydrogen-bond donors (Lipinski definition) is 1. The van der Waals surface area contributed by atoms with Gasteiger partial charge < -0.3 is 5.73 Å². The number of carbonyl (C=O) groups excluding carboxylic acids is 1. The Morgan fingerprint density at radius 1 is 1.24 bits per heavy atom. The highest BCUT2D eigenvalue weighted by atomic mass is 19.4. The molecule has 17 heavy (non-hydrogen) atoms. The van der Waals surface area contributed by atoms with Gasteiger partial charge in [-0.2, -0.15) is 13.2 Å². The largest absolute Gasteiger partial charge is 0.413 e. The van der Waals surface area contributed by atoms with Gasteiger partial charge in [-0.15, -0.1) is 0 Å². The molecule has 2 N–H and O–H groups in total. The first kappa shape index (κ1) is 13.7. The van der Waals surface area contributed by atoms with E-state index in [1.807, 2.05) is 0 Å². The van der Waals surface area contributed by atoms with Crippen molar-refractivity contribution in [2.75, 3.05) is 0 Å². The molecule has 1 rings (SSSR count). The maximum absolute atomic E-state index is 12.6. The number of carbonyl (C=O) groups is 1. The summed E-state index contributed by atoms with van der Waals surface area (Å²) in [6.07, 6.45) is -4.76. The van der Waals surface area contributed by atoms with Gasteiger partial charge in [0, 0.05) is 5.56 Å². The van der Waals surface area contributed by atoms with E-state index < -0.39 is 17.5 Å². The van der Waals surface area contributed by atoms with Crippen LogP contribution in [0.2, 0.25) is 0 Å². The molecule has 0 fully saturated rings. The lowest BCUT2D eigenvalue weighted by atomic mass is 9.89. The van der Waals surface area contributed by atoms with E-state index >= 15 is 0 Å². The number of nitrogens with two attached hydrogens (primary N) is 1. The number of halogens is 3. The molecular formula is C12H14F3NO. The fourth-order valence-corrected chi connectivity index (χ4v) is 1.48. The van der Waals surface area contributed by atoms with E-state index in [9.17, 15) is 18.0 Å². The Hall–Kier alpha value is -1.36. The third-order valence-electron chi connectivity index (χ3n) is 2.69. The lowest BCUT2D eigenvalue weighted by molar-refractivity contribution is -0.165. The normalized spacial score (nSPS) is 15.5. The quantitative estimate of drug-likeness (QED) is 0.814. The highest BCUT2D eigenvalue weighted by Crippen LogP contribution is 2.31. The second-order valence-electron chi connectivity index (χ2n) is 4.35. The monoisotopic (exact) mass is 245 g/mol. The van der Waals surface area contributed by atoms with E-state index in [1.165, 1.54) is 6.07 Å². The van der Waals surface area contributed by atoms with Gasteiger partial charge in [-0.25, -0.2) is 0 Å². The van der Waals surface area contributed by atoms with Crippen LogP contribution in [0.3, 0.4) is 0 Å². The molecule has 0 radical (unpaired) electrons. The number of aryl methyl sites for hydroxylation is 2. The van der Waals surface area contributed by atoms with Crippen LogP contribution in [0.1, 0.15) is 28.4 Å². The molecule has 1 aromatic rings. The minimum atomic E-state index is -4.76. The van der Waals surface area contributed by atoms with Gasteiger partial charge in [0.2, 0.25) is 0 Å². The molecule has 0 saturated heterocycles. The standard InChI is InChI=1S/C12H14F3NO/c1-7-4-5-9(8(2)6-7)10(17)11(3,16)12(13,14)15/h4-6H,16H2,1-3H3. The average molecular weight is 245 g/mol. The number of Topliss-reactive ketones (excluding diaryl/α,β-unsaturated/α-hetero) is 1. The van der Waals surface area contributed by atoms with Crippen LogP contribution in [0.25, 0.3) is 0 Å². The van der Waals surface area contributed by atoms with Gasteiger partial charge in [-0.3, -0.25) is 4.79 Å². The van der Waals surface area contributed by atoms with Crippen molar-refractivity contribution in [3.8, 4) is 0 Å². The third kappa shape index (κ3) is 2.49. The fourth-order valence-electron chi connectivity index (χ4n) is 1.48. The summed E-state index contributed by atoms with van der Waals surface area (Å²) >= 11 is 0. The molecule has 0 amide bonds. The van der Waals surface area contributed by atoms with Gasteiger partial charge >= 0.3 is 6.18 Å². The highest BCUT2D eigenvalue weighted by molar-refractivity contribution is 6.04. The van der Waals surface area contributed by atoms with Crippen LogP contribution >= 0.6 is 0 Å². The van der Waals surface area contributed by atoms with Gasteiger partial charge in [-0.1, -0.05) is 23.8 Å². The van der Waals surface area contributed by atoms with E-state index in [2.05, 4.69) is 0 Å². The fraction of sp³-hybridized carbons (Fsp3) is 0.417. The summed E-state index contributed by atoms with van der Waals surface area (Å²) in [5.74, 6) is -1.11. The van der Waals surface area contributed by atoms with Crippen LogP contribution in [0.5, 0.6) is 0 Å². The summed E-state index contributed by atoms with van der Waals surface area (Å²) in [5, 5.41) is 0. The lowest BCUT2D eigenvalue weighted by Gasteiger charge is -2.26. The topological polar surface area (TPSA) is 43.1 Å². The van der Waals surface area contributed by atoms with Crippen molar-refractivity contribution in [1.29, 1.82) is 0 Å². The van der Waals surface area contributed by atoms with Crippen LogP contribution in [0.4, 0.5) is 13.2 Å². The van der Waals surface area contributed by atoms with Crippen LogP contribution < -0.4 is 5.73 Å². The Labute approximate surface area is 97.6 Å². The first-order chi connectivity index (χ1) is 7.57. The molecule has 1 aromatic carbocycles. The molecular weight excluding hydrogens is 231 g/mol. The molecule has 0 aliphatic heterocycles. The third-order valence-corrected chi connectivity index (χ3v) is 2.69. The number of hydrogen-bond acceptors (Lipinski definition) is 2. The van der Waals surface area contributed by atoms with Gasteiger partial charge in [0.25, 0.3) is 0 Å².